The van der Waals surface area contributed by atoms with E-state index in [4.69, 9.17) is 0 Å². The van der Waals surface area contributed by atoms with Gasteiger partial charge in [0.05, 0.1) is 6.54 Å². The number of benzene rings is 1. The van der Waals surface area contributed by atoms with Crippen LogP contribution >= 0.6 is 0 Å². The Labute approximate surface area is 155 Å². The molecule has 0 spiro atoms. The number of imidazole rings is 1. The van der Waals surface area contributed by atoms with Crippen molar-refractivity contribution in [2.75, 3.05) is 18.0 Å². The van der Waals surface area contributed by atoms with Crippen LogP contribution in [-0.2, 0) is 13.6 Å². The molecule has 140 valence electrons. The molecule has 2 aromatic heterocycles. The van der Waals surface area contributed by atoms with Crippen molar-refractivity contribution in [1.82, 2.24) is 19.1 Å². The molecule has 8 nitrogen and oxygen atoms in total. The molecule has 4 rings (SSSR count). The van der Waals surface area contributed by atoms with Crippen molar-refractivity contribution in [1.29, 1.82) is 0 Å². The van der Waals surface area contributed by atoms with Crippen molar-refractivity contribution in [2.24, 2.45) is 7.05 Å². The average molecular weight is 367 g/mol. The molecule has 27 heavy (non-hydrogen) atoms. The summed E-state index contributed by atoms with van der Waals surface area (Å²) in [5, 5.41) is 0. The molecule has 1 aliphatic rings. The average Bonchev–Trinajstić information content (AvgIpc) is 3.07. The molecule has 0 radical (unpaired) electrons. The molecule has 1 N–H and O–H groups in total. The molecule has 0 aliphatic carbocycles. The van der Waals surface area contributed by atoms with Gasteiger partial charge in [-0.3, -0.25) is 23.7 Å². The van der Waals surface area contributed by atoms with E-state index in [-0.39, 0.29) is 17.8 Å². The molecule has 0 saturated carbocycles. The Morgan fingerprint density at radius 2 is 1.81 bits per heavy atom. The predicted molar refractivity (Wildman–Crippen MR) is 102 cm³/mol. The van der Waals surface area contributed by atoms with Gasteiger partial charge >= 0.3 is 5.69 Å². The lowest BCUT2D eigenvalue weighted by atomic mass is 10.1. The zero-order chi connectivity index (χ0) is 19.0. The number of aromatic nitrogens is 4. The maximum absolute atomic E-state index is 12.8. The van der Waals surface area contributed by atoms with Gasteiger partial charge < -0.3 is 4.90 Å². The number of ketones is 1. The van der Waals surface area contributed by atoms with Crippen LogP contribution < -0.4 is 16.1 Å². The Morgan fingerprint density at radius 3 is 2.52 bits per heavy atom. The monoisotopic (exact) mass is 367 g/mol. The Hall–Kier alpha value is -3.16. The molecule has 8 heteroatoms. The number of hydrogen-bond donors (Lipinski definition) is 1. The second-order valence-electron chi connectivity index (χ2n) is 6.83. The van der Waals surface area contributed by atoms with Crippen molar-refractivity contribution >= 4 is 22.9 Å². The molecule has 1 fully saturated rings. The summed E-state index contributed by atoms with van der Waals surface area (Å²) in [7, 11) is 1.57. The van der Waals surface area contributed by atoms with E-state index >= 15 is 0 Å². The van der Waals surface area contributed by atoms with Gasteiger partial charge in [-0.25, -0.2) is 4.79 Å². The summed E-state index contributed by atoms with van der Waals surface area (Å²) in [5.41, 5.74) is 0.0822. The second kappa shape index (κ2) is 6.86. The molecule has 3 aromatic rings. The first-order valence-electron chi connectivity index (χ1n) is 9.09. The van der Waals surface area contributed by atoms with Crippen LogP contribution in [0.2, 0.25) is 0 Å². The first-order chi connectivity index (χ1) is 13.1. The largest absolute Gasteiger partial charge is 0.342 e. The van der Waals surface area contributed by atoms with E-state index in [2.05, 4.69) is 14.9 Å². The number of Topliss-reactive ketones (excluding diaryl/α,β-unsaturated/α-hetero) is 1. The normalized spacial score (nSPS) is 14.6. The SMILES string of the molecule is Cn1c(=O)[nH]c(=O)c2c1nc(N1CCCCC1)n2CC(=O)c1ccccc1. The van der Waals surface area contributed by atoms with E-state index in [0.29, 0.717) is 17.2 Å². The van der Waals surface area contributed by atoms with Crippen molar-refractivity contribution in [3.8, 4) is 0 Å². The first-order valence-corrected chi connectivity index (χ1v) is 9.09. The van der Waals surface area contributed by atoms with Crippen molar-refractivity contribution in [3.63, 3.8) is 0 Å². The molecule has 0 bridgehead atoms. The lowest BCUT2D eigenvalue weighted by molar-refractivity contribution is 0.0973. The minimum absolute atomic E-state index is 0.00632. The molecule has 0 unspecified atom stereocenters. The minimum atomic E-state index is -0.523. The third kappa shape index (κ3) is 3.07. The highest BCUT2D eigenvalue weighted by atomic mass is 16.2. The lowest BCUT2D eigenvalue weighted by Crippen LogP contribution is -2.33. The van der Waals surface area contributed by atoms with Gasteiger partial charge in [0.15, 0.2) is 16.9 Å². The van der Waals surface area contributed by atoms with E-state index in [1.54, 1.807) is 35.9 Å². The van der Waals surface area contributed by atoms with Crippen LogP contribution in [0.1, 0.15) is 29.6 Å². The highest BCUT2D eigenvalue weighted by molar-refractivity contribution is 5.96. The number of nitrogens with zero attached hydrogens (tertiary/aromatic N) is 4. The van der Waals surface area contributed by atoms with Gasteiger partial charge in [-0.1, -0.05) is 30.3 Å². The van der Waals surface area contributed by atoms with Crippen molar-refractivity contribution in [3.05, 3.63) is 56.7 Å². The zero-order valence-corrected chi connectivity index (χ0v) is 15.1. The van der Waals surface area contributed by atoms with Gasteiger partial charge in [-0.15, -0.1) is 0 Å². The highest BCUT2D eigenvalue weighted by Gasteiger charge is 2.24. The number of H-pyrrole nitrogens is 1. The molecule has 3 heterocycles. The van der Waals surface area contributed by atoms with Crippen molar-refractivity contribution < 1.29 is 4.79 Å². The number of fused-ring (bicyclic) bond motifs is 1. The third-order valence-corrected chi connectivity index (χ3v) is 5.02. The highest BCUT2D eigenvalue weighted by Crippen LogP contribution is 2.23. The Balaban J connectivity index is 1.88. The molecule has 0 amide bonds. The number of hydrogen-bond acceptors (Lipinski definition) is 5. The van der Waals surface area contributed by atoms with E-state index < -0.39 is 11.2 Å². The number of anilines is 1. The predicted octanol–water partition coefficient (Wildman–Crippen LogP) is 1.30. The first kappa shape index (κ1) is 17.3. The number of carbonyl (C=O) groups excluding carboxylic acids is 1. The third-order valence-electron chi connectivity index (χ3n) is 5.02. The molecular formula is C19H21N5O3. The summed E-state index contributed by atoms with van der Waals surface area (Å²) in [6, 6.07) is 8.97. The van der Waals surface area contributed by atoms with E-state index in [1.807, 2.05) is 6.07 Å². The molecule has 1 aliphatic heterocycles. The summed E-state index contributed by atoms with van der Waals surface area (Å²) in [4.78, 5) is 46.3. The number of nitrogens with one attached hydrogen (secondary N) is 1. The summed E-state index contributed by atoms with van der Waals surface area (Å²) in [6.45, 7) is 1.62. The van der Waals surface area contributed by atoms with Crippen LogP contribution in [0, 0.1) is 0 Å². The van der Waals surface area contributed by atoms with Crippen LogP contribution in [0.15, 0.2) is 39.9 Å². The lowest BCUT2D eigenvalue weighted by Gasteiger charge is -2.28. The second-order valence-corrected chi connectivity index (χ2v) is 6.83. The van der Waals surface area contributed by atoms with Gasteiger partial charge in [0.1, 0.15) is 0 Å². The Bertz CT molecular complexity index is 1100. The van der Waals surface area contributed by atoms with Gasteiger partial charge in [0.25, 0.3) is 5.56 Å². The Morgan fingerprint density at radius 1 is 1.11 bits per heavy atom. The van der Waals surface area contributed by atoms with Crippen LogP contribution in [0.4, 0.5) is 5.95 Å². The summed E-state index contributed by atoms with van der Waals surface area (Å²) in [5.74, 6) is 0.460. The maximum atomic E-state index is 12.8. The Kier molecular flexibility index (Phi) is 4.39. The van der Waals surface area contributed by atoms with Gasteiger partial charge in [-0.05, 0) is 19.3 Å². The minimum Gasteiger partial charge on any atom is -0.342 e. The zero-order valence-electron chi connectivity index (χ0n) is 15.1. The maximum Gasteiger partial charge on any atom is 0.329 e. The fraction of sp³-hybridized carbons (Fsp3) is 0.368. The summed E-state index contributed by atoms with van der Waals surface area (Å²) in [6.07, 6.45) is 3.22. The van der Waals surface area contributed by atoms with Crippen LogP contribution in [0.5, 0.6) is 0 Å². The molecule has 1 aromatic carbocycles. The number of carbonyl (C=O) groups is 1. The summed E-state index contributed by atoms with van der Waals surface area (Å²) >= 11 is 0. The number of aromatic amines is 1. The van der Waals surface area contributed by atoms with Gasteiger partial charge in [0.2, 0.25) is 5.95 Å². The topological polar surface area (TPSA) is 93.0 Å². The quantitative estimate of drug-likeness (QED) is 0.702. The van der Waals surface area contributed by atoms with Gasteiger partial charge in [0, 0.05) is 25.7 Å². The van der Waals surface area contributed by atoms with Crippen LogP contribution in [0.3, 0.4) is 0 Å². The summed E-state index contributed by atoms with van der Waals surface area (Å²) < 4.78 is 2.96. The van der Waals surface area contributed by atoms with Crippen LogP contribution in [0.25, 0.3) is 11.2 Å². The molecule has 1 saturated heterocycles. The fourth-order valence-corrected chi connectivity index (χ4v) is 3.57. The number of rotatable bonds is 4. The number of piperidine rings is 1. The van der Waals surface area contributed by atoms with Crippen LogP contribution in [-0.4, -0.2) is 38.0 Å². The fourth-order valence-electron chi connectivity index (χ4n) is 3.57. The molecular weight excluding hydrogens is 346 g/mol. The van der Waals surface area contributed by atoms with E-state index in [9.17, 15) is 14.4 Å². The smallest absolute Gasteiger partial charge is 0.329 e. The standard InChI is InChI=1S/C19H21N5O3/c1-22-16-15(17(26)21-19(22)27)24(12-14(25)13-8-4-2-5-9-13)18(20-16)23-10-6-3-7-11-23/h2,4-5,8-9H,3,6-7,10-12H2,1H3,(H,21,26,27). The van der Waals surface area contributed by atoms with E-state index in [0.717, 1.165) is 32.4 Å². The van der Waals surface area contributed by atoms with E-state index in [1.165, 1.54) is 4.57 Å². The van der Waals surface area contributed by atoms with Crippen molar-refractivity contribution in [2.45, 2.75) is 25.8 Å². The number of aryl methyl sites for hydroxylation is 1. The van der Waals surface area contributed by atoms with Gasteiger partial charge in [-0.2, -0.15) is 4.98 Å². The molecule has 0 atom stereocenters.